The van der Waals surface area contributed by atoms with Crippen molar-refractivity contribution in [1.29, 1.82) is 0 Å². The summed E-state index contributed by atoms with van der Waals surface area (Å²) >= 11 is 0. The van der Waals surface area contributed by atoms with Crippen LogP contribution in [0.25, 0.3) is 0 Å². The monoisotopic (exact) mass is 391 g/mol. The summed E-state index contributed by atoms with van der Waals surface area (Å²) in [5.41, 5.74) is 1.37. The lowest BCUT2D eigenvalue weighted by atomic mass is 10.2. The Bertz CT molecular complexity index is 1100. The Labute approximate surface area is 152 Å². The number of hydrogen-bond donors (Lipinski definition) is 1. The van der Waals surface area contributed by atoms with Gasteiger partial charge in [-0.2, -0.15) is 5.10 Å². The van der Waals surface area contributed by atoms with Gasteiger partial charge in [0.1, 0.15) is 0 Å². The van der Waals surface area contributed by atoms with Crippen LogP contribution in [0.2, 0.25) is 0 Å². The average molecular weight is 391 g/mol. The van der Waals surface area contributed by atoms with Crippen molar-refractivity contribution >= 4 is 25.5 Å². The Morgan fingerprint density at radius 1 is 0.923 bits per heavy atom. The summed E-state index contributed by atoms with van der Waals surface area (Å²) in [4.78, 5) is 0.0350. The summed E-state index contributed by atoms with van der Waals surface area (Å²) in [5, 5.41) is 4.15. The minimum absolute atomic E-state index is 0.0271. The molecule has 3 rings (SSSR count). The molecule has 0 aliphatic heterocycles. The lowest BCUT2D eigenvalue weighted by molar-refractivity contribution is 0.597. The zero-order chi connectivity index (χ0) is 18.8. The van der Waals surface area contributed by atoms with Gasteiger partial charge >= 0.3 is 0 Å². The summed E-state index contributed by atoms with van der Waals surface area (Å²) in [6.07, 6.45) is 4.08. The second kappa shape index (κ2) is 6.93. The van der Waals surface area contributed by atoms with Crippen LogP contribution in [-0.2, 0) is 26.4 Å². The molecule has 0 amide bonds. The lowest BCUT2D eigenvalue weighted by Gasteiger charge is -2.06. The molecule has 0 aliphatic carbocycles. The third-order valence-electron chi connectivity index (χ3n) is 3.64. The second-order valence-electron chi connectivity index (χ2n) is 5.76. The van der Waals surface area contributed by atoms with Crippen molar-refractivity contribution in [3.63, 3.8) is 0 Å². The summed E-state index contributed by atoms with van der Waals surface area (Å²) in [6.45, 7) is 0.519. The number of sulfonamides is 1. The van der Waals surface area contributed by atoms with Crippen LogP contribution in [0.1, 0.15) is 5.56 Å². The van der Waals surface area contributed by atoms with Crippen molar-refractivity contribution in [2.24, 2.45) is 0 Å². The average Bonchev–Trinajstić information content (AvgIpc) is 3.01. The molecule has 0 bridgehead atoms. The van der Waals surface area contributed by atoms with Crippen molar-refractivity contribution < 1.29 is 16.8 Å². The van der Waals surface area contributed by atoms with E-state index in [1.807, 2.05) is 30.3 Å². The normalized spacial score (nSPS) is 12.0. The molecule has 0 atom stereocenters. The maximum absolute atomic E-state index is 12.4. The first-order valence-corrected chi connectivity index (χ1v) is 11.0. The molecule has 1 heterocycles. The second-order valence-corrected chi connectivity index (χ2v) is 9.46. The third kappa shape index (κ3) is 4.30. The third-order valence-corrected chi connectivity index (χ3v) is 6.16. The Balaban J connectivity index is 1.75. The molecular formula is C17H17N3O4S2. The van der Waals surface area contributed by atoms with Gasteiger partial charge in [-0.1, -0.05) is 30.3 Å². The standard InChI is InChI=1S/C17H17N3O4S2/c1-25(21,22)16-7-9-17(10-8-16)26(23,24)19-15-11-18-20(13-15)12-14-5-3-2-4-6-14/h2-11,13,19H,12H2,1H3. The van der Waals surface area contributed by atoms with E-state index in [0.717, 1.165) is 11.8 Å². The molecule has 9 heteroatoms. The van der Waals surface area contributed by atoms with Crippen LogP contribution in [0, 0.1) is 0 Å². The van der Waals surface area contributed by atoms with E-state index in [1.165, 1.54) is 30.5 Å². The fourth-order valence-corrected chi connectivity index (χ4v) is 4.01. The number of rotatable bonds is 6. The molecule has 0 aliphatic rings. The van der Waals surface area contributed by atoms with Gasteiger partial charge < -0.3 is 0 Å². The summed E-state index contributed by atoms with van der Waals surface area (Å²) in [5.74, 6) is 0. The smallest absolute Gasteiger partial charge is 0.261 e. The van der Waals surface area contributed by atoms with E-state index in [-0.39, 0.29) is 9.79 Å². The van der Waals surface area contributed by atoms with Crippen LogP contribution in [0.3, 0.4) is 0 Å². The number of benzene rings is 2. The fraction of sp³-hybridized carbons (Fsp3) is 0.118. The van der Waals surface area contributed by atoms with Gasteiger partial charge in [-0.05, 0) is 29.8 Å². The van der Waals surface area contributed by atoms with E-state index in [0.29, 0.717) is 12.2 Å². The molecule has 136 valence electrons. The molecule has 3 aromatic rings. The number of anilines is 1. The van der Waals surface area contributed by atoms with Crippen LogP contribution >= 0.6 is 0 Å². The first-order chi connectivity index (χ1) is 12.2. The van der Waals surface area contributed by atoms with Crippen LogP contribution < -0.4 is 4.72 Å². The maximum atomic E-state index is 12.4. The number of hydrogen-bond acceptors (Lipinski definition) is 5. The van der Waals surface area contributed by atoms with E-state index in [1.54, 1.807) is 10.9 Å². The van der Waals surface area contributed by atoms with Crippen LogP contribution in [0.4, 0.5) is 5.69 Å². The number of aromatic nitrogens is 2. The van der Waals surface area contributed by atoms with Crippen molar-refractivity contribution in [1.82, 2.24) is 9.78 Å². The number of nitrogens with zero attached hydrogens (tertiary/aromatic N) is 2. The highest BCUT2D eigenvalue weighted by molar-refractivity contribution is 7.92. The SMILES string of the molecule is CS(=O)(=O)c1ccc(S(=O)(=O)Nc2cnn(Cc3ccccc3)c2)cc1. The Morgan fingerprint density at radius 2 is 1.54 bits per heavy atom. The fourth-order valence-electron chi connectivity index (χ4n) is 2.35. The van der Waals surface area contributed by atoms with E-state index in [9.17, 15) is 16.8 Å². The zero-order valence-electron chi connectivity index (χ0n) is 13.9. The van der Waals surface area contributed by atoms with Gasteiger partial charge in [0.25, 0.3) is 10.0 Å². The highest BCUT2D eigenvalue weighted by Gasteiger charge is 2.16. The minimum Gasteiger partial charge on any atom is -0.276 e. The highest BCUT2D eigenvalue weighted by atomic mass is 32.2. The predicted octanol–water partition coefficient (Wildman–Crippen LogP) is 2.14. The maximum Gasteiger partial charge on any atom is 0.261 e. The molecule has 0 radical (unpaired) electrons. The van der Waals surface area contributed by atoms with Gasteiger partial charge in [-0.3, -0.25) is 9.40 Å². The molecule has 7 nitrogen and oxygen atoms in total. The lowest BCUT2D eigenvalue weighted by Crippen LogP contribution is -2.12. The minimum atomic E-state index is -3.83. The van der Waals surface area contributed by atoms with E-state index >= 15 is 0 Å². The van der Waals surface area contributed by atoms with Gasteiger partial charge in [0.2, 0.25) is 0 Å². The van der Waals surface area contributed by atoms with E-state index in [4.69, 9.17) is 0 Å². The quantitative estimate of drug-likeness (QED) is 0.694. The molecule has 1 aromatic heterocycles. The van der Waals surface area contributed by atoms with Crippen LogP contribution in [0.15, 0.2) is 76.8 Å². The molecule has 0 fully saturated rings. The Morgan fingerprint density at radius 3 is 2.15 bits per heavy atom. The van der Waals surface area contributed by atoms with Crippen molar-refractivity contribution in [3.8, 4) is 0 Å². The molecule has 0 unspecified atom stereocenters. The van der Waals surface area contributed by atoms with Gasteiger partial charge in [-0.25, -0.2) is 16.8 Å². The summed E-state index contributed by atoms with van der Waals surface area (Å²) < 4.78 is 51.9. The van der Waals surface area contributed by atoms with Crippen molar-refractivity contribution in [3.05, 3.63) is 72.6 Å². The van der Waals surface area contributed by atoms with Gasteiger partial charge in [-0.15, -0.1) is 0 Å². The summed E-state index contributed by atoms with van der Waals surface area (Å²) in [6, 6.07) is 14.7. The molecule has 26 heavy (non-hydrogen) atoms. The molecule has 2 aromatic carbocycles. The van der Waals surface area contributed by atoms with Crippen molar-refractivity contribution in [2.75, 3.05) is 11.0 Å². The highest BCUT2D eigenvalue weighted by Crippen LogP contribution is 2.18. The predicted molar refractivity (Wildman–Crippen MR) is 98.1 cm³/mol. The zero-order valence-corrected chi connectivity index (χ0v) is 15.5. The van der Waals surface area contributed by atoms with Crippen LogP contribution in [-0.4, -0.2) is 32.9 Å². The van der Waals surface area contributed by atoms with Crippen LogP contribution in [0.5, 0.6) is 0 Å². The number of sulfone groups is 1. The first-order valence-electron chi connectivity index (χ1n) is 7.63. The summed E-state index contributed by atoms with van der Waals surface area (Å²) in [7, 11) is -7.21. The first kappa shape index (κ1) is 18.2. The van der Waals surface area contributed by atoms with E-state index in [2.05, 4.69) is 9.82 Å². The molecule has 0 spiro atoms. The molecule has 0 saturated carbocycles. The van der Waals surface area contributed by atoms with E-state index < -0.39 is 19.9 Å². The molecule has 1 N–H and O–H groups in total. The number of nitrogens with one attached hydrogen (secondary N) is 1. The molecule has 0 saturated heterocycles. The Hall–Kier alpha value is -2.65. The van der Waals surface area contributed by atoms with Gasteiger partial charge in [0.05, 0.1) is 28.2 Å². The molecular weight excluding hydrogens is 374 g/mol. The van der Waals surface area contributed by atoms with Crippen molar-refractivity contribution in [2.45, 2.75) is 16.3 Å². The topological polar surface area (TPSA) is 98.1 Å². The van der Waals surface area contributed by atoms with Gasteiger partial charge in [0, 0.05) is 12.5 Å². The Kier molecular flexibility index (Phi) is 4.84. The van der Waals surface area contributed by atoms with Gasteiger partial charge in [0.15, 0.2) is 9.84 Å². The largest absolute Gasteiger partial charge is 0.276 e.